The van der Waals surface area contributed by atoms with Gasteiger partial charge in [-0.25, -0.2) is 9.78 Å². The van der Waals surface area contributed by atoms with Crippen molar-refractivity contribution in [2.45, 2.75) is 63.4 Å². The van der Waals surface area contributed by atoms with E-state index in [1.807, 2.05) is 51.1 Å². The lowest BCUT2D eigenvalue weighted by Crippen LogP contribution is -2.49. The third-order valence-electron chi connectivity index (χ3n) is 4.92. The summed E-state index contributed by atoms with van der Waals surface area (Å²) < 4.78 is 1.57. The Labute approximate surface area is 198 Å². The van der Waals surface area contributed by atoms with Gasteiger partial charge in [-0.15, -0.1) is 0 Å². The van der Waals surface area contributed by atoms with E-state index in [2.05, 4.69) is 24.5 Å². The molecule has 0 spiro atoms. The number of nitrogens with zero attached hydrogens (tertiary/aromatic N) is 2. The summed E-state index contributed by atoms with van der Waals surface area (Å²) in [4.78, 5) is 43.1. The number of imide groups is 1. The van der Waals surface area contributed by atoms with Gasteiger partial charge in [0, 0.05) is 5.54 Å². The van der Waals surface area contributed by atoms with E-state index in [-0.39, 0.29) is 11.5 Å². The van der Waals surface area contributed by atoms with Crippen LogP contribution in [0.4, 0.5) is 4.79 Å². The van der Waals surface area contributed by atoms with E-state index in [1.54, 1.807) is 29.7 Å². The molecule has 3 amide bonds. The van der Waals surface area contributed by atoms with Gasteiger partial charge in [0.15, 0.2) is 5.16 Å². The van der Waals surface area contributed by atoms with Crippen LogP contribution < -0.4 is 16.2 Å². The van der Waals surface area contributed by atoms with Crippen molar-refractivity contribution in [1.82, 2.24) is 20.2 Å². The fraction of sp³-hybridized carbons (Fsp3) is 0.360. The highest BCUT2D eigenvalue weighted by Crippen LogP contribution is 2.29. The first-order valence-corrected chi connectivity index (χ1v) is 11.8. The van der Waals surface area contributed by atoms with E-state index < -0.39 is 22.7 Å². The smallest absolute Gasteiger partial charge is 0.321 e. The monoisotopic (exact) mass is 466 g/mol. The van der Waals surface area contributed by atoms with E-state index in [4.69, 9.17) is 4.98 Å². The van der Waals surface area contributed by atoms with Crippen LogP contribution in [0.5, 0.6) is 0 Å². The molecule has 0 aliphatic rings. The average Bonchev–Trinajstić information content (AvgIpc) is 2.72. The summed E-state index contributed by atoms with van der Waals surface area (Å²) in [6, 6.07) is 14.3. The first-order valence-electron chi connectivity index (χ1n) is 10.9. The molecule has 1 unspecified atom stereocenters. The van der Waals surface area contributed by atoms with Crippen LogP contribution in [-0.2, 0) is 4.79 Å². The number of amides is 3. The van der Waals surface area contributed by atoms with Gasteiger partial charge in [0.25, 0.3) is 5.56 Å². The Balaban J connectivity index is 2.04. The van der Waals surface area contributed by atoms with Gasteiger partial charge in [0.1, 0.15) is 0 Å². The van der Waals surface area contributed by atoms with Crippen LogP contribution in [0.3, 0.4) is 0 Å². The highest BCUT2D eigenvalue weighted by atomic mass is 32.2. The second-order valence-corrected chi connectivity index (χ2v) is 10.5. The molecule has 8 heteroatoms. The molecule has 2 aromatic carbocycles. The molecule has 2 N–H and O–H groups in total. The molecule has 1 atom stereocenters. The van der Waals surface area contributed by atoms with Crippen LogP contribution in [0, 0.1) is 0 Å². The lowest BCUT2D eigenvalue weighted by atomic mass is 10.0. The molecule has 1 heterocycles. The van der Waals surface area contributed by atoms with Crippen molar-refractivity contribution in [1.29, 1.82) is 0 Å². The first-order chi connectivity index (χ1) is 15.5. The predicted octanol–water partition coefficient (Wildman–Crippen LogP) is 4.61. The third-order valence-corrected chi connectivity index (χ3v) is 5.97. The van der Waals surface area contributed by atoms with Crippen molar-refractivity contribution in [2.24, 2.45) is 0 Å². The number of carbonyl (C=O) groups excluding carboxylic acids is 2. The number of hydrogen-bond donors (Lipinski definition) is 2. The van der Waals surface area contributed by atoms with Crippen molar-refractivity contribution in [3.8, 4) is 5.69 Å². The lowest BCUT2D eigenvalue weighted by Gasteiger charge is -2.22. The van der Waals surface area contributed by atoms with E-state index >= 15 is 0 Å². The first kappa shape index (κ1) is 24.5. The molecule has 0 bridgehead atoms. The number of thioether (sulfide) groups is 1. The lowest BCUT2D eigenvalue weighted by molar-refractivity contribution is -0.119. The highest BCUT2D eigenvalue weighted by molar-refractivity contribution is 8.00. The van der Waals surface area contributed by atoms with Crippen molar-refractivity contribution < 1.29 is 9.59 Å². The predicted molar refractivity (Wildman–Crippen MR) is 133 cm³/mol. The summed E-state index contributed by atoms with van der Waals surface area (Å²) in [6.07, 6.45) is 0. The molecule has 3 aromatic rings. The van der Waals surface area contributed by atoms with E-state index in [0.29, 0.717) is 16.1 Å². The summed E-state index contributed by atoms with van der Waals surface area (Å²) >= 11 is 1.14. The maximum Gasteiger partial charge on any atom is 0.321 e. The largest absolute Gasteiger partial charge is 0.333 e. The van der Waals surface area contributed by atoms with E-state index in [1.165, 1.54) is 0 Å². The normalized spacial score (nSPS) is 12.6. The minimum atomic E-state index is -0.666. The van der Waals surface area contributed by atoms with Crippen LogP contribution >= 0.6 is 11.8 Å². The molecular formula is C25H30N4O3S. The number of fused-ring (bicyclic) bond motifs is 1. The number of carbonyl (C=O) groups is 2. The van der Waals surface area contributed by atoms with Crippen LogP contribution in [0.2, 0.25) is 0 Å². The summed E-state index contributed by atoms with van der Waals surface area (Å²) in [7, 11) is 0. The fourth-order valence-corrected chi connectivity index (χ4v) is 4.30. The zero-order valence-electron chi connectivity index (χ0n) is 19.8. The quantitative estimate of drug-likeness (QED) is 0.423. The number of nitrogens with one attached hydrogen (secondary N) is 2. The van der Waals surface area contributed by atoms with Gasteiger partial charge in [-0.1, -0.05) is 55.9 Å². The minimum Gasteiger partial charge on any atom is -0.333 e. The Kier molecular flexibility index (Phi) is 7.27. The van der Waals surface area contributed by atoms with Crippen molar-refractivity contribution in [3.05, 3.63) is 64.4 Å². The molecular weight excluding hydrogens is 436 g/mol. The number of rotatable bonds is 5. The van der Waals surface area contributed by atoms with Crippen molar-refractivity contribution in [2.75, 3.05) is 0 Å². The molecule has 174 valence electrons. The summed E-state index contributed by atoms with van der Waals surface area (Å²) in [5.74, 6) is -0.285. The van der Waals surface area contributed by atoms with Crippen molar-refractivity contribution in [3.63, 3.8) is 0 Å². The number of benzene rings is 2. The van der Waals surface area contributed by atoms with Crippen LogP contribution in [-0.4, -0.2) is 32.3 Å². The average molecular weight is 467 g/mol. The number of aromatic nitrogens is 2. The molecule has 1 aromatic heterocycles. The van der Waals surface area contributed by atoms with E-state index in [0.717, 1.165) is 23.0 Å². The SMILES string of the molecule is CC(Sc1nc2ccccc2c(=O)n1-c1ccccc1C(C)C)C(=O)NC(=O)NC(C)(C)C. The zero-order valence-corrected chi connectivity index (χ0v) is 20.6. The molecule has 0 saturated carbocycles. The van der Waals surface area contributed by atoms with Gasteiger partial charge in [-0.2, -0.15) is 0 Å². The Morgan fingerprint density at radius 3 is 2.30 bits per heavy atom. The Morgan fingerprint density at radius 2 is 1.64 bits per heavy atom. The maximum absolute atomic E-state index is 13.6. The van der Waals surface area contributed by atoms with Gasteiger partial charge in [0.05, 0.1) is 21.8 Å². The Hall–Kier alpha value is -3.13. The van der Waals surface area contributed by atoms with Gasteiger partial charge >= 0.3 is 6.03 Å². The maximum atomic E-state index is 13.6. The molecule has 7 nitrogen and oxygen atoms in total. The van der Waals surface area contributed by atoms with Crippen LogP contribution in [0.15, 0.2) is 58.5 Å². The summed E-state index contributed by atoms with van der Waals surface area (Å²) in [6.45, 7) is 11.3. The van der Waals surface area contributed by atoms with Crippen LogP contribution in [0.25, 0.3) is 16.6 Å². The van der Waals surface area contributed by atoms with Gasteiger partial charge in [0.2, 0.25) is 5.91 Å². The number of para-hydroxylation sites is 2. The zero-order chi connectivity index (χ0) is 24.3. The topological polar surface area (TPSA) is 93.1 Å². The summed E-state index contributed by atoms with van der Waals surface area (Å²) in [5, 5.41) is 5.31. The molecule has 0 radical (unpaired) electrons. The fourth-order valence-electron chi connectivity index (χ4n) is 3.38. The van der Waals surface area contributed by atoms with Crippen molar-refractivity contribution >= 4 is 34.6 Å². The minimum absolute atomic E-state index is 0.180. The molecule has 0 saturated heterocycles. The van der Waals surface area contributed by atoms with Gasteiger partial charge in [-0.05, 0) is 57.4 Å². The molecule has 0 fully saturated rings. The molecule has 0 aliphatic heterocycles. The van der Waals surface area contributed by atoms with Gasteiger partial charge < -0.3 is 5.32 Å². The second-order valence-electron chi connectivity index (χ2n) is 9.22. The van der Waals surface area contributed by atoms with E-state index in [9.17, 15) is 14.4 Å². The summed E-state index contributed by atoms with van der Waals surface area (Å²) in [5.41, 5.74) is 1.62. The Morgan fingerprint density at radius 1 is 1.00 bits per heavy atom. The second kappa shape index (κ2) is 9.79. The standard InChI is InChI=1S/C25H30N4O3S/c1-15(2)17-11-8-10-14-20(17)29-22(31)18-12-7-9-13-19(18)26-24(29)33-16(3)21(30)27-23(32)28-25(4,5)6/h7-16H,1-6H3,(H2,27,28,30,32). The third kappa shape index (κ3) is 5.82. The molecule has 3 rings (SSSR count). The molecule has 0 aliphatic carbocycles. The molecule has 33 heavy (non-hydrogen) atoms. The van der Waals surface area contributed by atoms with Crippen LogP contribution in [0.1, 0.15) is 53.0 Å². The highest BCUT2D eigenvalue weighted by Gasteiger charge is 2.24. The number of urea groups is 1. The van der Waals surface area contributed by atoms with Gasteiger partial charge in [-0.3, -0.25) is 19.5 Å². The Bertz CT molecular complexity index is 1240. The number of hydrogen-bond acceptors (Lipinski definition) is 5.